The van der Waals surface area contributed by atoms with Gasteiger partial charge in [-0.2, -0.15) is 0 Å². The Balaban J connectivity index is 3.13. The van der Waals surface area contributed by atoms with E-state index in [9.17, 15) is 4.79 Å². The second-order valence-corrected chi connectivity index (χ2v) is 2.98. The van der Waals surface area contributed by atoms with Crippen LogP contribution in [0.25, 0.3) is 5.57 Å². The third-order valence-electron chi connectivity index (χ3n) is 1.96. The number of aliphatic hydroxyl groups excluding tert-OH is 1. The molecule has 0 aromatic heterocycles. The number of rotatable bonds is 3. The lowest BCUT2D eigenvalue weighted by molar-refractivity contribution is -0.131. The van der Waals surface area contributed by atoms with Crippen LogP contribution in [0.3, 0.4) is 0 Å². The van der Waals surface area contributed by atoms with Gasteiger partial charge in [0.1, 0.15) is 0 Å². The van der Waals surface area contributed by atoms with Gasteiger partial charge >= 0.3 is 5.97 Å². The van der Waals surface area contributed by atoms with Gasteiger partial charge in [-0.25, -0.2) is 4.79 Å². The van der Waals surface area contributed by atoms with Crippen molar-refractivity contribution < 1.29 is 15.0 Å². The first-order chi connectivity index (χ1) is 6.65. The Morgan fingerprint density at radius 3 is 2.57 bits per heavy atom. The molecular formula is C11H12O3. The summed E-state index contributed by atoms with van der Waals surface area (Å²) in [7, 11) is 0. The molecule has 74 valence electrons. The van der Waals surface area contributed by atoms with Gasteiger partial charge in [0, 0.05) is 6.08 Å². The van der Waals surface area contributed by atoms with Crippen LogP contribution in [-0.4, -0.2) is 22.8 Å². The number of carboxylic acid groups (broad SMARTS) is 1. The van der Waals surface area contributed by atoms with Crippen LogP contribution < -0.4 is 0 Å². The molecule has 0 unspecified atom stereocenters. The van der Waals surface area contributed by atoms with Crippen LogP contribution >= 0.6 is 0 Å². The zero-order chi connectivity index (χ0) is 10.6. The maximum atomic E-state index is 10.5. The largest absolute Gasteiger partial charge is 0.478 e. The molecule has 0 saturated carbocycles. The Hall–Kier alpha value is -1.61. The van der Waals surface area contributed by atoms with Gasteiger partial charge in [-0.15, -0.1) is 0 Å². The number of aliphatic hydroxyl groups is 1. The van der Waals surface area contributed by atoms with Gasteiger partial charge in [0.05, 0.1) is 6.61 Å². The molecular weight excluding hydrogens is 180 g/mol. The second kappa shape index (κ2) is 4.58. The van der Waals surface area contributed by atoms with E-state index in [0.29, 0.717) is 5.57 Å². The topological polar surface area (TPSA) is 57.5 Å². The highest BCUT2D eigenvalue weighted by Crippen LogP contribution is 2.17. The van der Waals surface area contributed by atoms with Crippen molar-refractivity contribution >= 4 is 11.5 Å². The van der Waals surface area contributed by atoms with Crippen molar-refractivity contribution in [1.29, 1.82) is 0 Å². The number of aryl methyl sites for hydroxylation is 1. The average molecular weight is 192 g/mol. The Bertz CT molecular complexity index is 367. The van der Waals surface area contributed by atoms with E-state index in [2.05, 4.69) is 0 Å². The number of hydrogen-bond acceptors (Lipinski definition) is 2. The van der Waals surface area contributed by atoms with Gasteiger partial charge in [0.15, 0.2) is 0 Å². The molecule has 0 fully saturated rings. The summed E-state index contributed by atoms with van der Waals surface area (Å²) >= 11 is 0. The molecule has 0 heterocycles. The quantitative estimate of drug-likeness (QED) is 0.713. The summed E-state index contributed by atoms with van der Waals surface area (Å²) in [5.41, 5.74) is 2.15. The van der Waals surface area contributed by atoms with Crippen molar-refractivity contribution in [2.45, 2.75) is 6.92 Å². The summed E-state index contributed by atoms with van der Waals surface area (Å²) in [6.45, 7) is 1.61. The highest BCUT2D eigenvalue weighted by molar-refractivity contribution is 5.90. The van der Waals surface area contributed by atoms with Crippen LogP contribution in [-0.2, 0) is 4.79 Å². The van der Waals surface area contributed by atoms with Crippen molar-refractivity contribution in [3.8, 4) is 0 Å². The zero-order valence-electron chi connectivity index (χ0n) is 7.90. The molecule has 3 heteroatoms. The van der Waals surface area contributed by atoms with Crippen molar-refractivity contribution in [2.75, 3.05) is 6.61 Å². The van der Waals surface area contributed by atoms with Crippen LogP contribution in [0.15, 0.2) is 30.3 Å². The standard InChI is InChI=1S/C11H12O3/c1-8-4-2-3-5-10(8)9(7-12)6-11(13)14/h2-6,12H,7H2,1H3,(H,13,14)/b9-6+. The maximum absolute atomic E-state index is 10.5. The molecule has 0 spiro atoms. The summed E-state index contributed by atoms with van der Waals surface area (Å²) in [6.07, 6.45) is 1.03. The van der Waals surface area contributed by atoms with E-state index in [0.717, 1.165) is 17.2 Å². The predicted octanol–water partition coefficient (Wildman–Crippen LogP) is 1.46. The molecule has 1 rings (SSSR count). The van der Waals surface area contributed by atoms with Gasteiger partial charge < -0.3 is 10.2 Å². The Kier molecular flexibility index (Phi) is 3.42. The number of aliphatic carboxylic acids is 1. The third-order valence-corrected chi connectivity index (χ3v) is 1.96. The molecule has 1 aromatic rings. The number of hydrogen-bond donors (Lipinski definition) is 2. The van der Waals surface area contributed by atoms with Crippen molar-refractivity contribution in [3.63, 3.8) is 0 Å². The molecule has 0 amide bonds. The van der Waals surface area contributed by atoms with E-state index in [4.69, 9.17) is 10.2 Å². The van der Waals surface area contributed by atoms with E-state index >= 15 is 0 Å². The fourth-order valence-electron chi connectivity index (χ4n) is 1.29. The smallest absolute Gasteiger partial charge is 0.328 e. The van der Waals surface area contributed by atoms with Gasteiger partial charge in [0.25, 0.3) is 0 Å². The number of carboxylic acids is 1. The minimum atomic E-state index is -1.04. The molecule has 14 heavy (non-hydrogen) atoms. The first kappa shape index (κ1) is 10.5. The predicted molar refractivity (Wildman–Crippen MR) is 53.9 cm³/mol. The first-order valence-electron chi connectivity index (χ1n) is 4.25. The maximum Gasteiger partial charge on any atom is 0.328 e. The van der Waals surface area contributed by atoms with Crippen molar-refractivity contribution in [3.05, 3.63) is 41.5 Å². The Morgan fingerprint density at radius 1 is 1.43 bits per heavy atom. The van der Waals surface area contributed by atoms with Crippen molar-refractivity contribution in [2.24, 2.45) is 0 Å². The summed E-state index contributed by atoms with van der Waals surface area (Å²) in [4.78, 5) is 10.5. The Morgan fingerprint density at radius 2 is 2.07 bits per heavy atom. The fraction of sp³-hybridized carbons (Fsp3) is 0.182. The average Bonchev–Trinajstić information content (AvgIpc) is 2.15. The lowest BCUT2D eigenvalue weighted by Crippen LogP contribution is -1.98. The summed E-state index contributed by atoms with van der Waals surface area (Å²) < 4.78 is 0. The van der Waals surface area contributed by atoms with Crippen molar-refractivity contribution in [1.82, 2.24) is 0 Å². The molecule has 0 aliphatic carbocycles. The molecule has 3 nitrogen and oxygen atoms in total. The molecule has 0 saturated heterocycles. The molecule has 0 aliphatic rings. The lowest BCUT2D eigenvalue weighted by atomic mass is 10.0. The fourth-order valence-corrected chi connectivity index (χ4v) is 1.29. The van der Waals surface area contributed by atoms with E-state index < -0.39 is 5.97 Å². The third kappa shape index (κ3) is 2.44. The van der Waals surface area contributed by atoms with E-state index in [-0.39, 0.29) is 6.61 Å². The molecule has 0 aliphatic heterocycles. The minimum Gasteiger partial charge on any atom is -0.478 e. The second-order valence-electron chi connectivity index (χ2n) is 2.98. The summed E-state index contributed by atoms with van der Waals surface area (Å²) in [5.74, 6) is -1.04. The molecule has 2 N–H and O–H groups in total. The van der Waals surface area contributed by atoms with E-state index in [1.54, 1.807) is 6.07 Å². The van der Waals surface area contributed by atoms with E-state index in [1.165, 1.54) is 0 Å². The van der Waals surface area contributed by atoms with Crippen LogP contribution in [0.2, 0.25) is 0 Å². The van der Waals surface area contributed by atoms with Crippen LogP contribution in [0.5, 0.6) is 0 Å². The van der Waals surface area contributed by atoms with Gasteiger partial charge in [-0.3, -0.25) is 0 Å². The SMILES string of the molecule is Cc1ccccc1/C(=C/C(=O)O)CO. The van der Waals surface area contributed by atoms with Crippen LogP contribution in [0, 0.1) is 6.92 Å². The monoisotopic (exact) mass is 192 g/mol. The van der Waals surface area contributed by atoms with Crippen LogP contribution in [0.4, 0.5) is 0 Å². The normalized spacial score (nSPS) is 11.4. The lowest BCUT2D eigenvalue weighted by Gasteiger charge is -2.06. The zero-order valence-corrected chi connectivity index (χ0v) is 7.90. The summed E-state index contributed by atoms with van der Waals surface area (Å²) in [5, 5.41) is 17.6. The van der Waals surface area contributed by atoms with Gasteiger partial charge in [-0.1, -0.05) is 24.3 Å². The number of benzene rings is 1. The molecule has 0 bridgehead atoms. The molecule has 0 atom stereocenters. The first-order valence-corrected chi connectivity index (χ1v) is 4.25. The van der Waals surface area contributed by atoms with E-state index in [1.807, 2.05) is 25.1 Å². The molecule has 1 aromatic carbocycles. The van der Waals surface area contributed by atoms with Crippen LogP contribution in [0.1, 0.15) is 11.1 Å². The minimum absolute atomic E-state index is 0.267. The highest BCUT2D eigenvalue weighted by atomic mass is 16.4. The van der Waals surface area contributed by atoms with Gasteiger partial charge in [0.2, 0.25) is 0 Å². The summed E-state index contributed by atoms with van der Waals surface area (Å²) in [6, 6.07) is 7.35. The Labute approximate surface area is 82.3 Å². The number of carbonyl (C=O) groups is 1. The molecule has 0 radical (unpaired) electrons. The van der Waals surface area contributed by atoms with Gasteiger partial charge in [-0.05, 0) is 23.6 Å². The highest BCUT2D eigenvalue weighted by Gasteiger charge is 2.04.